The van der Waals surface area contributed by atoms with Crippen molar-refractivity contribution in [3.05, 3.63) is 54.9 Å². The zero-order chi connectivity index (χ0) is 22.0. The van der Waals surface area contributed by atoms with Crippen LogP contribution in [0, 0.1) is 5.41 Å². The molecule has 3 heterocycles. The second kappa shape index (κ2) is 8.68. The molecule has 1 saturated heterocycles. The van der Waals surface area contributed by atoms with Gasteiger partial charge in [-0.25, -0.2) is 4.98 Å². The number of rotatable bonds is 6. The normalized spacial score (nSPS) is 17.3. The zero-order valence-electron chi connectivity index (χ0n) is 17.7. The van der Waals surface area contributed by atoms with E-state index in [0.717, 1.165) is 35.7 Å². The highest BCUT2D eigenvalue weighted by Crippen LogP contribution is 2.49. The minimum Gasteiger partial charge on any atom is -0.435 e. The van der Waals surface area contributed by atoms with Gasteiger partial charge >= 0.3 is 6.61 Å². The van der Waals surface area contributed by atoms with E-state index in [2.05, 4.69) is 30.1 Å². The molecule has 1 spiro atoms. The lowest BCUT2D eigenvalue weighted by Crippen LogP contribution is -2.43. The van der Waals surface area contributed by atoms with Crippen molar-refractivity contribution in [2.75, 3.05) is 23.3 Å². The largest absolute Gasteiger partial charge is 0.435 e. The number of aromatic nitrogens is 3. The van der Waals surface area contributed by atoms with Gasteiger partial charge in [0.15, 0.2) is 5.82 Å². The van der Waals surface area contributed by atoms with Gasteiger partial charge in [-0.1, -0.05) is 18.6 Å². The standard InChI is InChI=1S/C24H25F2N5O/c25-23(26)32-20-4-2-17(3-5-20)18-14-21(30-28-16-18)29-19-6-11-27-22(15-19)31-12-9-24(10-13-31)7-1-8-24/h2-6,11,14-16,23H,1,7-10,12-13H2,(H,27,29,30). The Hall–Kier alpha value is -3.29. The number of benzene rings is 1. The van der Waals surface area contributed by atoms with E-state index < -0.39 is 6.61 Å². The minimum absolute atomic E-state index is 0.120. The van der Waals surface area contributed by atoms with Crippen molar-refractivity contribution in [3.63, 3.8) is 0 Å². The first-order valence-electron chi connectivity index (χ1n) is 10.9. The van der Waals surface area contributed by atoms with E-state index in [-0.39, 0.29) is 5.75 Å². The fraction of sp³-hybridized carbons (Fsp3) is 0.375. The number of halogens is 2. The molecule has 32 heavy (non-hydrogen) atoms. The Morgan fingerprint density at radius 3 is 2.44 bits per heavy atom. The summed E-state index contributed by atoms with van der Waals surface area (Å²) in [6, 6.07) is 12.3. The van der Waals surface area contributed by atoms with Gasteiger partial charge in [-0.3, -0.25) is 0 Å². The van der Waals surface area contributed by atoms with Gasteiger partial charge in [-0.15, -0.1) is 5.10 Å². The molecule has 1 aliphatic carbocycles. The number of nitrogens with one attached hydrogen (secondary N) is 1. The van der Waals surface area contributed by atoms with Crippen molar-refractivity contribution in [1.29, 1.82) is 0 Å². The molecule has 2 fully saturated rings. The Balaban J connectivity index is 1.27. The number of hydrogen-bond donors (Lipinski definition) is 1. The van der Waals surface area contributed by atoms with Gasteiger partial charge in [0.05, 0.1) is 6.20 Å². The van der Waals surface area contributed by atoms with Crippen LogP contribution in [0.2, 0.25) is 0 Å². The predicted octanol–water partition coefficient (Wildman–Crippen LogP) is 5.65. The van der Waals surface area contributed by atoms with E-state index in [0.29, 0.717) is 11.2 Å². The minimum atomic E-state index is -2.84. The van der Waals surface area contributed by atoms with Crippen molar-refractivity contribution in [2.45, 2.75) is 38.7 Å². The number of pyridine rings is 1. The Kier molecular flexibility index (Phi) is 5.59. The van der Waals surface area contributed by atoms with Crippen LogP contribution in [0.1, 0.15) is 32.1 Å². The highest BCUT2D eigenvalue weighted by molar-refractivity contribution is 5.68. The highest BCUT2D eigenvalue weighted by atomic mass is 19.3. The first-order chi connectivity index (χ1) is 15.6. The molecule has 166 valence electrons. The summed E-state index contributed by atoms with van der Waals surface area (Å²) in [4.78, 5) is 6.94. The first-order valence-corrected chi connectivity index (χ1v) is 10.9. The van der Waals surface area contributed by atoms with E-state index >= 15 is 0 Å². The van der Waals surface area contributed by atoms with Crippen LogP contribution in [0.4, 0.5) is 26.1 Å². The van der Waals surface area contributed by atoms with Gasteiger partial charge in [0.25, 0.3) is 0 Å². The van der Waals surface area contributed by atoms with Crippen molar-refractivity contribution in [1.82, 2.24) is 15.2 Å². The quantitative estimate of drug-likeness (QED) is 0.537. The van der Waals surface area contributed by atoms with E-state index in [4.69, 9.17) is 0 Å². The summed E-state index contributed by atoms with van der Waals surface area (Å²) >= 11 is 0. The third-order valence-corrected chi connectivity index (χ3v) is 6.65. The Bertz CT molecular complexity index is 1060. The van der Waals surface area contributed by atoms with E-state index in [1.807, 2.05) is 24.4 Å². The van der Waals surface area contributed by atoms with Crippen LogP contribution in [-0.2, 0) is 0 Å². The van der Waals surface area contributed by atoms with Crippen LogP contribution in [-0.4, -0.2) is 34.9 Å². The smallest absolute Gasteiger partial charge is 0.387 e. The summed E-state index contributed by atoms with van der Waals surface area (Å²) in [7, 11) is 0. The number of alkyl halides is 2. The molecular formula is C24H25F2N5O. The number of hydrogen-bond acceptors (Lipinski definition) is 6. The zero-order valence-corrected chi connectivity index (χ0v) is 17.7. The molecule has 1 N–H and O–H groups in total. The third-order valence-electron chi connectivity index (χ3n) is 6.65. The SMILES string of the molecule is FC(F)Oc1ccc(-c2cnnc(Nc3ccnc(N4CCC5(CCC5)CC4)c3)c2)cc1. The van der Waals surface area contributed by atoms with Gasteiger partial charge in [-0.05, 0) is 60.9 Å². The molecule has 2 aliphatic rings. The summed E-state index contributed by atoms with van der Waals surface area (Å²) in [6.07, 6.45) is 10.1. The van der Waals surface area contributed by atoms with Gasteiger partial charge in [0, 0.05) is 36.6 Å². The second-order valence-electron chi connectivity index (χ2n) is 8.60. The lowest BCUT2D eigenvalue weighted by atomic mass is 9.63. The molecule has 0 unspecified atom stereocenters. The molecule has 2 aromatic heterocycles. The van der Waals surface area contributed by atoms with Gasteiger partial charge in [-0.2, -0.15) is 13.9 Å². The van der Waals surface area contributed by atoms with Gasteiger partial charge in [0.2, 0.25) is 0 Å². The van der Waals surface area contributed by atoms with Crippen LogP contribution >= 0.6 is 0 Å². The maximum atomic E-state index is 12.3. The van der Waals surface area contributed by atoms with Crippen molar-refractivity contribution in [3.8, 4) is 16.9 Å². The maximum Gasteiger partial charge on any atom is 0.387 e. The van der Waals surface area contributed by atoms with Crippen molar-refractivity contribution in [2.24, 2.45) is 5.41 Å². The topological polar surface area (TPSA) is 63.2 Å². The molecule has 8 heteroatoms. The molecule has 0 atom stereocenters. The fourth-order valence-electron chi connectivity index (χ4n) is 4.62. The first kappa shape index (κ1) is 20.6. The van der Waals surface area contributed by atoms with E-state index in [9.17, 15) is 8.78 Å². The van der Waals surface area contributed by atoms with Crippen molar-refractivity contribution < 1.29 is 13.5 Å². The third kappa shape index (κ3) is 4.49. The molecule has 0 bridgehead atoms. The number of nitrogens with zero attached hydrogens (tertiary/aromatic N) is 4. The Labute approximate surface area is 185 Å². The Morgan fingerprint density at radius 1 is 0.969 bits per heavy atom. The van der Waals surface area contributed by atoms with Gasteiger partial charge in [0.1, 0.15) is 11.6 Å². The van der Waals surface area contributed by atoms with Crippen LogP contribution in [0.3, 0.4) is 0 Å². The number of anilines is 3. The fourth-order valence-corrected chi connectivity index (χ4v) is 4.62. The summed E-state index contributed by atoms with van der Waals surface area (Å²) in [5.41, 5.74) is 3.15. The van der Waals surface area contributed by atoms with Crippen LogP contribution in [0.15, 0.2) is 54.9 Å². The van der Waals surface area contributed by atoms with E-state index in [1.165, 1.54) is 44.2 Å². The molecule has 3 aromatic rings. The number of ether oxygens (including phenoxy) is 1. The molecule has 5 rings (SSSR count). The molecule has 6 nitrogen and oxygen atoms in total. The summed E-state index contributed by atoms with van der Waals surface area (Å²) in [6.45, 7) is -0.734. The van der Waals surface area contributed by atoms with E-state index in [1.54, 1.807) is 18.3 Å². The monoisotopic (exact) mass is 437 g/mol. The Morgan fingerprint density at radius 2 is 1.75 bits per heavy atom. The highest BCUT2D eigenvalue weighted by Gasteiger charge is 2.39. The summed E-state index contributed by atoms with van der Waals surface area (Å²) in [5.74, 6) is 1.69. The lowest BCUT2D eigenvalue weighted by Gasteiger charge is -2.48. The molecule has 0 amide bonds. The average molecular weight is 437 g/mol. The van der Waals surface area contributed by atoms with Crippen LogP contribution in [0.5, 0.6) is 5.75 Å². The molecule has 1 aliphatic heterocycles. The number of piperidine rings is 1. The molecular weight excluding hydrogens is 412 g/mol. The van der Waals surface area contributed by atoms with Crippen LogP contribution < -0.4 is 15.0 Å². The molecule has 0 radical (unpaired) electrons. The van der Waals surface area contributed by atoms with Crippen LogP contribution in [0.25, 0.3) is 11.1 Å². The summed E-state index contributed by atoms with van der Waals surface area (Å²) < 4.78 is 29.1. The van der Waals surface area contributed by atoms with Gasteiger partial charge < -0.3 is 15.0 Å². The molecule has 1 saturated carbocycles. The lowest BCUT2D eigenvalue weighted by molar-refractivity contribution is -0.0498. The summed E-state index contributed by atoms with van der Waals surface area (Å²) in [5, 5.41) is 11.6. The van der Waals surface area contributed by atoms with Crippen molar-refractivity contribution >= 4 is 17.3 Å². The maximum absolute atomic E-state index is 12.3. The second-order valence-corrected chi connectivity index (χ2v) is 8.60. The predicted molar refractivity (Wildman–Crippen MR) is 119 cm³/mol. The average Bonchev–Trinajstić information content (AvgIpc) is 2.79. The molecule has 1 aromatic carbocycles.